The van der Waals surface area contributed by atoms with Crippen LogP contribution >= 0.6 is 0 Å². The van der Waals surface area contributed by atoms with E-state index in [-0.39, 0.29) is 16.9 Å². The lowest BCUT2D eigenvalue weighted by molar-refractivity contribution is 0.0742. The molecule has 0 bridgehead atoms. The first-order valence-electron chi connectivity index (χ1n) is 6.07. The quantitative estimate of drug-likeness (QED) is 0.848. The molecular formula is C14H16F2O2S. The molecule has 0 heterocycles. The van der Waals surface area contributed by atoms with Crippen molar-refractivity contribution < 1.29 is 17.2 Å². The van der Waals surface area contributed by atoms with Crippen molar-refractivity contribution in [3.05, 3.63) is 40.8 Å². The molecule has 1 unspecified atom stereocenters. The van der Waals surface area contributed by atoms with Gasteiger partial charge in [0.2, 0.25) is 0 Å². The van der Waals surface area contributed by atoms with Crippen molar-refractivity contribution in [1.29, 1.82) is 0 Å². The zero-order chi connectivity index (χ0) is 14.5. The van der Waals surface area contributed by atoms with E-state index in [9.17, 15) is 17.2 Å². The van der Waals surface area contributed by atoms with E-state index in [0.29, 0.717) is 0 Å². The van der Waals surface area contributed by atoms with Gasteiger partial charge in [0.15, 0.2) is 9.84 Å². The minimum absolute atomic E-state index is 0.0479. The van der Waals surface area contributed by atoms with Gasteiger partial charge in [-0.3, -0.25) is 0 Å². The lowest BCUT2D eigenvalue weighted by Gasteiger charge is -2.02. The van der Waals surface area contributed by atoms with Crippen molar-refractivity contribution in [2.24, 2.45) is 5.41 Å². The monoisotopic (exact) mass is 286 g/mol. The fourth-order valence-electron chi connectivity index (χ4n) is 2.10. The third-order valence-corrected chi connectivity index (χ3v) is 5.37. The summed E-state index contributed by atoms with van der Waals surface area (Å²) < 4.78 is 51.4. The van der Waals surface area contributed by atoms with Crippen LogP contribution in [0.2, 0.25) is 0 Å². The van der Waals surface area contributed by atoms with Crippen LogP contribution in [0.1, 0.15) is 25.8 Å². The maximum atomic E-state index is 13.6. The summed E-state index contributed by atoms with van der Waals surface area (Å²) >= 11 is 0. The average molecular weight is 286 g/mol. The Morgan fingerprint density at radius 3 is 2.16 bits per heavy atom. The third kappa shape index (κ3) is 2.10. The van der Waals surface area contributed by atoms with E-state index in [4.69, 9.17) is 0 Å². The molecule has 0 aliphatic heterocycles. The average Bonchev–Trinajstić information content (AvgIpc) is 2.75. The first-order valence-corrected chi connectivity index (χ1v) is 7.62. The summed E-state index contributed by atoms with van der Waals surface area (Å²) in [4.78, 5) is 0.0479. The van der Waals surface area contributed by atoms with E-state index >= 15 is 0 Å². The molecule has 0 N–H and O–H groups in total. The normalized spacial score (nSPS) is 27.5. The van der Waals surface area contributed by atoms with Crippen molar-refractivity contribution >= 4 is 9.84 Å². The summed E-state index contributed by atoms with van der Waals surface area (Å²) in [5, 5.41) is 0.737. The highest BCUT2D eigenvalue weighted by Gasteiger charge is 2.72. The van der Waals surface area contributed by atoms with Crippen LogP contribution in [0, 0.1) is 12.3 Å². The minimum Gasteiger partial charge on any atom is -0.219 e. The molecule has 0 radical (unpaired) electrons. The third-order valence-electron chi connectivity index (χ3n) is 3.89. The Morgan fingerprint density at radius 2 is 1.74 bits per heavy atom. The molecule has 0 saturated heterocycles. The van der Waals surface area contributed by atoms with Crippen LogP contribution in [0.3, 0.4) is 0 Å². The van der Waals surface area contributed by atoms with E-state index in [1.807, 2.05) is 6.92 Å². The van der Waals surface area contributed by atoms with E-state index in [1.165, 1.54) is 19.1 Å². The molecule has 0 aromatic heterocycles. The first-order chi connectivity index (χ1) is 8.65. The molecule has 5 heteroatoms. The second kappa shape index (κ2) is 4.13. The molecule has 1 aromatic rings. The number of halogens is 2. The van der Waals surface area contributed by atoms with Gasteiger partial charge in [-0.25, -0.2) is 17.2 Å². The number of aryl methyl sites for hydroxylation is 1. The van der Waals surface area contributed by atoms with Crippen molar-refractivity contribution in [2.75, 3.05) is 0 Å². The van der Waals surface area contributed by atoms with Crippen LogP contribution in [-0.4, -0.2) is 14.3 Å². The van der Waals surface area contributed by atoms with Crippen LogP contribution < -0.4 is 0 Å². The fourth-order valence-corrected chi connectivity index (χ4v) is 3.47. The zero-order valence-electron chi connectivity index (χ0n) is 11.1. The number of hydrogen-bond donors (Lipinski definition) is 0. The number of rotatable bonds is 3. The highest BCUT2D eigenvalue weighted by molar-refractivity contribution is 7.94. The van der Waals surface area contributed by atoms with Crippen molar-refractivity contribution in [3.8, 4) is 0 Å². The SMILES string of the molecule is CCC1(C)/C(=C\S(=O)(=O)c2ccc(C)cc2)C1(F)F. The number of alkyl halides is 2. The molecule has 2 rings (SSSR count). The standard InChI is InChI=1S/C14H16F2O2S/c1-4-13(3)12(14(13,15)16)9-19(17,18)11-7-5-10(2)6-8-11/h5-9H,4H2,1-3H3/b12-9+. The van der Waals surface area contributed by atoms with Crippen LogP contribution in [0.25, 0.3) is 0 Å². The summed E-state index contributed by atoms with van der Waals surface area (Å²) in [7, 11) is -3.81. The van der Waals surface area contributed by atoms with Gasteiger partial charge in [0.1, 0.15) is 0 Å². The van der Waals surface area contributed by atoms with Crippen LogP contribution in [0.15, 0.2) is 40.1 Å². The van der Waals surface area contributed by atoms with Crippen LogP contribution in [0.4, 0.5) is 8.78 Å². The summed E-state index contributed by atoms with van der Waals surface area (Å²) in [6, 6.07) is 6.17. The second-order valence-electron chi connectivity index (χ2n) is 5.15. The van der Waals surface area contributed by atoms with Gasteiger partial charge in [-0.15, -0.1) is 0 Å². The molecule has 1 aliphatic carbocycles. The molecule has 1 aromatic carbocycles. The highest BCUT2D eigenvalue weighted by Crippen LogP contribution is 2.67. The molecule has 1 atom stereocenters. The molecule has 1 saturated carbocycles. The topological polar surface area (TPSA) is 34.1 Å². The Bertz CT molecular complexity index is 630. The first kappa shape index (κ1) is 14.2. The van der Waals surface area contributed by atoms with Gasteiger partial charge in [-0.05, 0) is 32.4 Å². The number of allylic oxidation sites excluding steroid dienone is 1. The van der Waals surface area contributed by atoms with E-state index in [1.54, 1.807) is 19.1 Å². The van der Waals surface area contributed by atoms with E-state index < -0.39 is 21.2 Å². The van der Waals surface area contributed by atoms with Crippen molar-refractivity contribution in [2.45, 2.75) is 38.0 Å². The van der Waals surface area contributed by atoms with Gasteiger partial charge in [0.05, 0.1) is 10.3 Å². The molecule has 104 valence electrons. The lowest BCUT2D eigenvalue weighted by Crippen LogP contribution is -2.03. The highest BCUT2D eigenvalue weighted by atomic mass is 32.2. The Balaban J connectivity index is 2.42. The van der Waals surface area contributed by atoms with Crippen molar-refractivity contribution in [3.63, 3.8) is 0 Å². The largest absolute Gasteiger partial charge is 0.280 e. The Hall–Kier alpha value is -1.23. The van der Waals surface area contributed by atoms with Gasteiger partial charge in [0.25, 0.3) is 5.92 Å². The Kier molecular flexibility index (Phi) is 3.08. The Labute approximate surface area is 112 Å². The smallest absolute Gasteiger partial charge is 0.219 e. The molecular weight excluding hydrogens is 270 g/mol. The summed E-state index contributed by atoms with van der Waals surface area (Å²) in [5.74, 6) is -3.01. The minimum atomic E-state index is -3.81. The molecule has 2 nitrogen and oxygen atoms in total. The molecule has 1 fully saturated rings. The number of hydrogen-bond acceptors (Lipinski definition) is 2. The zero-order valence-corrected chi connectivity index (χ0v) is 11.9. The maximum Gasteiger partial charge on any atom is 0.280 e. The summed E-state index contributed by atoms with van der Waals surface area (Å²) in [6.45, 7) is 4.86. The van der Waals surface area contributed by atoms with Gasteiger partial charge in [-0.2, -0.15) is 0 Å². The van der Waals surface area contributed by atoms with Crippen molar-refractivity contribution in [1.82, 2.24) is 0 Å². The number of sulfone groups is 1. The predicted molar refractivity (Wildman–Crippen MR) is 69.8 cm³/mol. The van der Waals surface area contributed by atoms with Gasteiger partial charge in [-0.1, -0.05) is 24.6 Å². The second-order valence-corrected chi connectivity index (χ2v) is 6.95. The van der Waals surface area contributed by atoms with Crippen LogP contribution in [0.5, 0.6) is 0 Å². The summed E-state index contributed by atoms with van der Waals surface area (Å²) in [5.41, 5.74) is -0.685. The Morgan fingerprint density at radius 1 is 1.21 bits per heavy atom. The molecule has 0 amide bonds. The van der Waals surface area contributed by atoms with Gasteiger partial charge in [0, 0.05) is 11.0 Å². The molecule has 1 aliphatic rings. The predicted octanol–water partition coefficient (Wildman–Crippen LogP) is 3.72. The lowest BCUT2D eigenvalue weighted by atomic mass is 10.1. The molecule has 0 spiro atoms. The van der Waals surface area contributed by atoms with Gasteiger partial charge < -0.3 is 0 Å². The van der Waals surface area contributed by atoms with Gasteiger partial charge >= 0.3 is 0 Å². The fraction of sp³-hybridized carbons (Fsp3) is 0.429. The number of benzene rings is 1. The molecule has 19 heavy (non-hydrogen) atoms. The van der Waals surface area contributed by atoms with E-state index in [2.05, 4.69) is 0 Å². The van der Waals surface area contributed by atoms with Crippen LogP contribution in [-0.2, 0) is 9.84 Å². The van der Waals surface area contributed by atoms with E-state index in [0.717, 1.165) is 11.0 Å². The maximum absolute atomic E-state index is 13.6. The summed E-state index contributed by atoms with van der Waals surface area (Å²) in [6.07, 6.45) is 0.218.